The Hall–Kier alpha value is -0.610. The van der Waals surface area contributed by atoms with Gasteiger partial charge in [0.1, 0.15) is 5.54 Å². The highest BCUT2D eigenvalue weighted by Crippen LogP contribution is 2.20. The highest BCUT2D eigenvalue weighted by Gasteiger charge is 2.36. The molecule has 4 nitrogen and oxygen atoms in total. The number of carbonyl (C=O) groups is 1. The van der Waals surface area contributed by atoms with Crippen LogP contribution < -0.4 is 5.32 Å². The van der Waals surface area contributed by atoms with Crippen molar-refractivity contribution in [3.63, 3.8) is 0 Å². The Balaban J connectivity index is 4.95. The summed E-state index contributed by atoms with van der Waals surface area (Å²) >= 11 is 0. The van der Waals surface area contributed by atoms with Crippen molar-refractivity contribution in [2.75, 3.05) is 20.2 Å². The highest BCUT2D eigenvalue weighted by molar-refractivity contribution is 5.80. The molecule has 0 spiro atoms. The van der Waals surface area contributed by atoms with E-state index in [-0.39, 0.29) is 5.97 Å². The number of carbonyl (C=O) groups excluding carboxylic acids is 1. The van der Waals surface area contributed by atoms with Gasteiger partial charge in [-0.3, -0.25) is 9.69 Å². The summed E-state index contributed by atoms with van der Waals surface area (Å²) < 4.78 is 4.97. The minimum absolute atomic E-state index is 0.181. The summed E-state index contributed by atoms with van der Waals surface area (Å²) in [6, 6.07) is 0.788. The second-order valence-electron chi connectivity index (χ2n) is 6.59. The molecule has 0 aliphatic rings. The average molecular weight is 286 g/mol. The Morgan fingerprint density at radius 3 is 2.15 bits per heavy atom. The number of nitrogens with one attached hydrogen (secondary N) is 1. The number of hydrogen-bond donors (Lipinski definition) is 1. The van der Waals surface area contributed by atoms with E-state index in [9.17, 15) is 4.79 Å². The topological polar surface area (TPSA) is 41.6 Å². The van der Waals surface area contributed by atoms with Crippen LogP contribution in [0, 0.1) is 5.92 Å². The molecule has 0 fully saturated rings. The van der Waals surface area contributed by atoms with E-state index in [2.05, 4.69) is 44.8 Å². The number of ether oxygens (including phenoxy) is 1. The van der Waals surface area contributed by atoms with Crippen LogP contribution in [-0.4, -0.2) is 48.7 Å². The molecule has 2 atom stereocenters. The SMILES string of the molecule is CCNC(C)(CC(C)N(CC(C)C)C(C)C)C(=O)OC. The van der Waals surface area contributed by atoms with Crippen LogP contribution >= 0.6 is 0 Å². The molecular formula is C16H34N2O2. The Morgan fingerprint density at radius 1 is 1.25 bits per heavy atom. The average Bonchev–Trinajstić information content (AvgIpc) is 2.34. The van der Waals surface area contributed by atoms with Crippen LogP contribution in [0.3, 0.4) is 0 Å². The molecule has 0 aliphatic carbocycles. The number of methoxy groups -OCH3 is 1. The lowest BCUT2D eigenvalue weighted by atomic mass is 9.91. The van der Waals surface area contributed by atoms with E-state index in [0.717, 1.165) is 19.5 Å². The Bertz CT molecular complexity index is 292. The van der Waals surface area contributed by atoms with Crippen molar-refractivity contribution >= 4 is 5.97 Å². The van der Waals surface area contributed by atoms with Crippen molar-refractivity contribution < 1.29 is 9.53 Å². The van der Waals surface area contributed by atoms with Crippen molar-refractivity contribution in [3.8, 4) is 0 Å². The maximum Gasteiger partial charge on any atom is 0.325 e. The first-order chi connectivity index (χ1) is 9.17. The summed E-state index contributed by atoms with van der Waals surface area (Å²) in [6.45, 7) is 16.8. The molecule has 2 unspecified atom stereocenters. The molecule has 120 valence electrons. The molecule has 0 rings (SSSR count). The predicted octanol–water partition coefficient (Wildman–Crippen LogP) is 2.67. The molecular weight excluding hydrogens is 252 g/mol. The molecule has 0 aliphatic heterocycles. The first-order valence-corrected chi connectivity index (χ1v) is 7.77. The van der Waals surface area contributed by atoms with Crippen molar-refractivity contribution in [3.05, 3.63) is 0 Å². The van der Waals surface area contributed by atoms with Gasteiger partial charge >= 0.3 is 5.97 Å². The fourth-order valence-corrected chi connectivity index (χ4v) is 2.87. The van der Waals surface area contributed by atoms with Crippen LogP contribution in [0.15, 0.2) is 0 Å². The zero-order chi connectivity index (χ0) is 15.9. The monoisotopic (exact) mass is 286 g/mol. The molecule has 4 heteroatoms. The quantitative estimate of drug-likeness (QED) is 0.662. The molecule has 1 N–H and O–H groups in total. The maximum atomic E-state index is 12.1. The third kappa shape index (κ3) is 5.80. The third-order valence-electron chi connectivity index (χ3n) is 3.71. The molecule has 0 heterocycles. The lowest BCUT2D eigenvalue weighted by molar-refractivity contribution is -0.148. The van der Waals surface area contributed by atoms with Gasteiger partial charge in [-0.1, -0.05) is 20.8 Å². The Kier molecular flexibility index (Phi) is 8.36. The largest absolute Gasteiger partial charge is 0.468 e. The van der Waals surface area contributed by atoms with E-state index < -0.39 is 5.54 Å². The van der Waals surface area contributed by atoms with Gasteiger partial charge in [-0.15, -0.1) is 0 Å². The highest BCUT2D eigenvalue weighted by atomic mass is 16.5. The first kappa shape index (κ1) is 19.4. The Morgan fingerprint density at radius 2 is 1.80 bits per heavy atom. The van der Waals surface area contributed by atoms with Gasteiger partial charge in [0.05, 0.1) is 7.11 Å². The third-order valence-corrected chi connectivity index (χ3v) is 3.71. The predicted molar refractivity (Wildman–Crippen MR) is 84.9 cm³/mol. The van der Waals surface area contributed by atoms with Crippen LogP contribution in [0.1, 0.15) is 54.9 Å². The van der Waals surface area contributed by atoms with Gasteiger partial charge in [0.2, 0.25) is 0 Å². The van der Waals surface area contributed by atoms with E-state index >= 15 is 0 Å². The summed E-state index contributed by atoms with van der Waals surface area (Å²) in [5, 5.41) is 3.29. The van der Waals surface area contributed by atoms with Crippen LogP contribution in [0.2, 0.25) is 0 Å². The summed E-state index contributed by atoms with van der Waals surface area (Å²) in [7, 11) is 1.46. The molecule has 0 amide bonds. The summed E-state index contributed by atoms with van der Waals surface area (Å²) in [5.41, 5.74) is -0.618. The number of nitrogens with zero attached hydrogens (tertiary/aromatic N) is 1. The molecule has 0 aromatic heterocycles. The zero-order valence-corrected chi connectivity index (χ0v) is 14.6. The van der Waals surface area contributed by atoms with Crippen LogP contribution in [0.4, 0.5) is 0 Å². The van der Waals surface area contributed by atoms with E-state index in [1.165, 1.54) is 7.11 Å². The smallest absolute Gasteiger partial charge is 0.325 e. The minimum Gasteiger partial charge on any atom is -0.468 e. The van der Waals surface area contributed by atoms with Gasteiger partial charge in [0, 0.05) is 18.6 Å². The fraction of sp³-hybridized carbons (Fsp3) is 0.938. The van der Waals surface area contributed by atoms with Gasteiger partial charge < -0.3 is 10.1 Å². The number of rotatable bonds is 9. The van der Waals surface area contributed by atoms with E-state index in [4.69, 9.17) is 4.74 Å². The number of esters is 1. The van der Waals surface area contributed by atoms with Gasteiger partial charge in [0.25, 0.3) is 0 Å². The van der Waals surface area contributed by atoms with Crippen molar-refractivity contribution in [2.24, 2.45) is 5.92 Å². The minimum atomic E-state index is -0.618. The molecule has 0 aromatic carbocycles. The van der Waals surface area contributed by atoms with E-state index in [1.54, 1.807) is 0 Å². The number of likely N-dealkylation sites (N-methyl/N-ethyl adjacent to an activating group) is 1. The van der Waals surface area contributed by atoms with Crippen molar-refractivity contribution in [2.45, 2.75) is 72.5 Å². The van der Waals surface area contributed by atoms with Crippen LogP contribution in [0.5, 0.6) is 0 Å². The summed E-state index contributed by atoms with van der Waals surface area (Å²) in [4.78, 5) is 14.5. The van der Waals surface area contributed by atoms with Gasteiger partial charge in [0.15, 0.2) is 0 Å². The standard InChI is InChI=1S/C16H34N2O2/c1-9-17-16(7,15(19)20-8)10-14(6)18(13(4)5)11-12(2)3/h12-14,17H,9-11H2,1-8H3. The molecule has 0 saturated carbocycles. The second kappa shape index (κ2) is 8.63. The fourth-order valence-electron chi connectivity index (χ4n) is 2.87. The lowest BCUT2D eigenvalue weighted by Crippen LogP contribution is -2.55. The van der Waals surface area contributed by atoms with E-state index in [0.29, 0.717) is 18.0 Å². The normalized spacial score (nSPS) is 16.6. The van der Waals surface area contributed by atoms with E-state index in [1.807, 2.05) is 13.8 Å². The van der Waals surface area contributed by atoms with Gasteiger partial charge in [-0.05, 0) is 46.6 Å². The molecule has 0 bridgehead atoms. The van der Waals surface area contributed by atoms with Crippen LogP contribution in [-0.2, 0) is 9.53 Å². The molecule has 0 aromatic rings. The Labute approximate surface area is 125 Å². The van der Waals surface area contributed by atoms with Crippen molar-refractivity contribution in [1.82, 2.24) is 10.2 Å². The van der Waals surface area contributed by atoms with Crippen LogP contribution in [0.25, 0.3) is 0 Å². The maximum absolute atomic E-state index is 12.1. The van der Waals surface area contributed by atoms with Crippen molar-refractivity contribution in [1.29, 1.82) is 0 Å². The lowest BCUT2D eigenvalue weighted by Gasteiger charge is -2.39. The zero-order valence-electron chi connectivity index (χ0n) is 14.6. The molecule has 20 heavy (non-hydrogen) atoms. The molecule has 0 saturated heterocycles. The van der Waals surface area contributed by atoms with Gasteiger partial charge in [-0.25, -0.2) is 0 Å². The van der Waals surface area contributed by atoms with Gasteiger partial charge in [-0.2, -0.15) is 0 Å². The first-order valence-electron chi connectivity index (χ1n) is 7.77. The molecule has 0 radical (unpaired) electrons. The summed E-state index contributed by atoms with van der Waals surface area (Å²) in [6.07, 6.45) is 0.748. The number of hydrogen-bond acceptors (Lipinski definition) is 4. The second-order valence-corrected chi connectivity index (χ2v) is 6.59. The summed E-state index contributed by atoms with van der Waals surface area (Å²) in [5.74, 6) is 0.433.